The smallest absolute Gasteiger partial charge is 0.462 e. The van der Waals surface area contributed by atoms with E-state index in [1.807, 2.05) is 0 Å². The summed E-state index contributed by atoms with van der Waals surface area (Å²) in [5.41, 5.74) is 0. The highest BCUT2D eigenvalue weighted by Crippen LogP contribution is 2.45. The molecule has 0 aromatic heterocycles. The van der Waals surface area contributed by atoms with E-state index >= 15 is 0 Å². The average molecular weight is 1480 g/mol. The van der Waals surface area contributed by atoms with Crippen LogP contribution in [0.1, 0.15) is 419 Å². The van der Waals surface area contributed by atoms with Gasteiger partial charge in [-0.15, -0.1) is 0 Å². The van der Waals surface area contributed by atoms with E-state index in [1.54, 1.807) is 0 Å². The lowest BCUT2D eigenvalue weighted by atomic mass is 10.0. The predicted molar refractivity (Wildman–Crippen MR) is 414 cm³/mol. The Balaban J connectivity index is 5.23. The molecule has 0 radical (unpaired) electrons. The second kappa shape index (κ2) is 75.8. The van der Waals surface area contributed by atoms with Crippen molar-refractivity contribution in [2.24, 2.45) is 0 Å². The highest BCUT2D eigenvalue weighted by Gasteiger charge is 2.30. The van der Waals surface area contributed by atoms with Crippen LogP contribution >= 0.6 is 15.6 Å². The normalized spacial score (nSPS) is 13.9. The van der Waals surface area contributed by atoms with Crippen LogP contribution < -0.4 is 0 Å². The third kappa shape index (κ3) is 75.6. The van der Waals surface area contributed by atoms with Gasteiger partial charge in [-0.2, -0.15) is 0 Å². The number of carbonyl (C=O) groups is 4. The first kappa shape index (κ1) is 98.5. The molecule has 17 nitrogen and oxygen atoms in total. The summed E-state index contributed by atoms with van der Waals surface area (Å²) in [6.45, 7) is 4.95. The summed E-state index contributed by atoms with van der Waals surface area (Å²) in [5.74, 6) is -2.14. The Bertz CT molecular complexity index is 2010. The minimum atomic E-state index is -4.97. The zero-order chi connectivity index (χ0) is 73.9. The fourth-order valence-corrected chi connectivity index (χ4v) is 13.9. The number of rotatable bonds is 81. The van der Waals surface area contributed by atoms with Crippen LogP contribution in [0.25, 0.3) is 0 Å². The number of allylic oxidation sites excluding steroid dienone is 4. The minimum absolute atomic E-state index is 0.103. The number of hydrogen-bond donors (Lipinski definition) is 3. The molecular weight excluding hydrogens is 1320 g/mol. The van der Waals surface area contributed by atoms with Crippen molar-refractivity contribution in [1.82, 2.24) is 0 Å². The third-order valence-electron chi connectivity index (χ3n) is 18.7. The number of hydrogen-bond acceptors (Lipinski definition) is 15. The Morgan fingerprint density at radius 1 is 0.277 bits per heavy atom. The molecule has 0 fully saturated rings. The standard InChI is InChI=1S/C82H156O17P2/c1-5-9-13-17-21-25-29-32-35-36-37-38-39-40-41-43-46-49-53-57-61-65-69-82(87)99-78(73-93-80(85)67-63-59-55-51-47-45-42-33-30-26-22-18-14-10-6-2)75-97-101(90,91)95-71-76(83)70-94-100(88,89)96-74-77(72-92-79(84)66-62-58-54-50-28-24-20-16-12-8-4)98-81(86)68-64-60-56-52-48-44-34-31-27-23-19-15-11-7-3/h26,30,33,42,76-78,83H,5-25,27-29,31-32,34-41,43-75H2,1-4H3,(H,88,89)(H,90,91)/b30-26-,42-33-/t76-,77+,78+/m0/s1. The lowest BCUT2D eigenvalue weighted by Crippen LogP contribution is -2.30. The van der Waals surface area contributed by atoms with E-state index in [2.05, 4.69) is 52.0 Å². The Kier molecular flexibility index (Phi) is 73.9. The first-order valence-electron chi connectivity index (χ1n) is 42.1. The summed E-state index contributed by atoms with van der Waals surface area (Å²) < 4.78 is 68.7. The molecule has 0 aliphatic carbocycles. The van der Waals surface area contributed by atoms with Crippen LogP contribution in [0.3, 0.4) is 0 Å². The zero-order valence-electron chi connectivity index (χ0n) is 65.4. The number of aliphatic hydroxyl groups is 1. The minimum Gasteiger partial charge on any atom is -0.462 e. The van der Waals surface area contributed by atoms with E-state index in [1.165, 1.54) is 231 Å². The van der Waals surface area contributed by atoms with Gasteiger partial charge in [0.15, 0.2) is 12.2 Å². The van der Waals surface area contributed by atoms with Crippen LogP contribution in [-0.4, -0.2) is 96.7 Å². The van der Waals surface area contributed by atoms with Gasteiger partial charge >= 0.3 is 39.5 Å². The molecule has 3 N–H and O–H groups in total. The molecule has 0 saturated heterocycles. The van der Waals surface area contributed by atoms with E-state index in [9.17, 15) is 43.2 Å². The molecule has 5 atom stereocenters. The maximum atomic E-state index is 13.1. The lowest BCUT2D eigenvalue weighted by Gasteiger charge is -2.21. The molecule has 0 aromatic carbocycles. The third-order valence-corrected chi connectivity index (χ3v) is 20.6. The summed E-state index contributed by atoms with van der Waals surface area (Å²) in [6, 6.07) is 0. The largest absolute Gasteiger partial charge is 0.472 e. The van der Waals surface area contributed by atoms with E-state index in [0.717, 1.165) is 109 Å². The van der Waals surface area contributed by atoms with Crippen molar-refractivity contribution in [3.05, 3.63) is 24.3 Å². The Morgan fingerprint density at radius 2 is 0.475 bits per heavy atom. The maximum absolute atomic E-state index is 13.1. The molecular formula is C82H156O17P2. The van der Waals surface area contributed by atoms with Gasteiger partial charge in [0.25, 0.3) is 0 Å². The number of esters is 4. The Morgan fingerprint density at radius 3 is 0.723 bits per heavy atom. The SMILES string of the molecule is CCCCCC/C=C\C=C/CCCCCCCC(=O)OC[C@H](COP(=O)(O)OC[C@@H](O)COP(=O)(O)OC[C@@H](COC(=O)CCCCCCCCCCCC)OC(=O)CCCCCCCCCCCCCCCC)OC(=O)CCCCCCCCCCCCCCCCCCCCCCCC. The maximum Gasteiger partial charge on any atom is 0.472 e. The summed E-state index contributed by atoms with van der Waals surface area (Å²) in [4.78, 5) is 73.0. The highest BCUT2D eigenvalue weighted by molar-refractivity contribution is 7.47. The predicted octanol–water partition coefficient (Wildman–Crippen LogP) is 24.5. The molecule has 0 rings (SSSR count). The van der Waals surface area contributed by atoms with E-state index < -0.39 is 97.5 Å². The molecule has 0 spiro atoms. The average Bonchev–Trinajstić information content (AvgIpc) is 0.966. The van der Waals surface area contributed by atoms with Crippen LogP contribution in [0, 0.1) is 0 Å². The first-order valence-corrected chi connectivity index (χ1v) is 45.1. The van der Waals surface area contributed by atoms with Gasteiger partial charge in [0.1, 0.15) is 19.3 Å². The number of aliphatic hydroxyl groups excluding tert-OH is 1. The van der Waals surface area contributed by atoms with Crippen LogP contribution in [0.4, 0.5) is 0 Å². The van der Waals surface area contributed by atoms with Crippen LogP contribution in [0.15, 0.2) is 24.3 Å². The summed E-state index contributed by atoms with van der Waals surface area (Å²) >= 11 is 0. The number of carbonyl (C=O) groups excluding carboxylic acids is 4. The van der Waals surface area contributed by atoms with Gasteiger partial charge in [0, 0.05) is 25.7 Å². The molecule has 0 aliphatic rings. The topological polar surface area (TPSA) is 237 Å². The first-order chi connectivity index (χ1) is 49.2. The number of unbranched alkanes of at least 4 members (excludes halogenated alkanes) is 52. The molecule has 0 heterocycles. The van der Waals surface area contributed by atoms with Crippen molar-refractivity contribution < 1.29 is 80.2 Å². The molecule has 0 amide bonds. The van der Waals surface area contributed by atoms with Gasteiger partial charge in [0.05, 0.1) is 26.4 Å². The fourth-order valence-electron chi connectivity index (χ4n) is 12.3. The quantitative estimate of drug-likeness (QED) is 0.0169. The van der Waals surface area contributed by atoms with Crippen LogP contribution in [0.5, 0.6) is 0 Å². The van der Waals surface area contributed by atoms with Crippen molar-refractivity contribution in [2.45, 2.75) is 438 Å². The van der Waals surface area contributed by atoms with Crippen LogP contribution in [0.2, 0.25) is 0 Å². The number of ether oxygens (including phenoxy) is 4. The van der Waals surface area contributed by atoms with Crippen LogP contribution in [-0.2, 0) is 65.4 Å². The zero-order valence-corrected chi connectivity index (χ0v) is 67.2. The van der Waals surface area contributed by atoms with Crippen molar-refractivity contribution in [3.8, 4) is 0 Å². The highest BCUT2D eigenvalue weighted by atomic mass is 31.2. The second-order valence-corrected chi connectivity index (χ2v) is 31.7. The molecule has 0 aromatic rings. The Labute approximate surface area is 618 Å². The fraction of sp³-hybridized carbons (Fsp3) is 0.902. The van der Waals surface area contributed by atoms with E-state index in [0.29, 0.717) is 25.7 Å². The van der Waals surface area contributed by atoms with Gasteiger partial charge in [-0.1, -0.05) is 367 Å². The molecule has 596 valence electrons. The molecule has 0 bridgehead atoms. The summed E-state index contributed by atoms with van der Waals surface area (Å²) in [6.07, 6.45) is 71.6. The summed E-state index contributed by atoms with van der Waals surface area (Å²) in [5, 5.41) is 10.6. The monoisotopic (exact) mass is 1480 g/mol. The van der Waals surface area contributed by atoms with Gasteiger partial charge in [0.2, 0.25) is 0 Å². The number of phosphoric ester groups is 2. The number of phosphoric acid groups is 2. The molecule has 0 aliphatic heterocycles. The van der Waals surface area contributed by atoms with Crippen molar-refractivity contribution in [3.63, 3.8) is 0 Å². The second-order valence-electron chi connectivity index (χ2n) is 28.8. The molecule has 0 saturated carbocycles. The van der Waals surface area contributed by atoms with Gasteiger partial charge in [-0.05, 0) is 51.4 Å². The van der Waals surface area contributed by atoms with Gasteiger partial charge in [-0.3, -0.25) is 37.3 Å². The Hall–Kier alpha value is -2.46. The van der Waals surface area contributed by atoms with Crippen molar-refractivity contribution in [2.75, 3.05) is 39.6 Å². The molecule has 19 heteroatoms. The van der Waals surface area contributed by atoms with E-state index in [-0.39, 0.29) is 25.7 Å². The molecule has 2 unspecified atom stereocenters. The lowest BCUT2D eigenvalue weighted by molar-refractivity contribution is -0.161. The van der Waals surface area contributed by atoms with Gasteiger partial charge in [-0.25, -0.2) is 9.13 Å². The van der Waals surface area contributed by atoms with Crippen molar-refractivity contribution in [1.29, 1.82) is 0 Å². The summed E-state index contributed by atoms with van der Waals surface area (Å²) in [7, 11) is -9.93. The molecule has 101 heavy (non-hydrogen) atoms. The van der Waals surface area contributed by atoms with E-state index in [4.69, 9.17) is 37.0 Å². The van der Waals surface area contributed by atoms with Gasteiger partial charge < -0.3 is 33.8 Å². The van der Waals surface area contributed by atoms with Crippen molar-refractivity contribution >= 4 is 39.5 Å².